The molecule has 2 aromatic heterocycles. The van der Waals surface area contributed by atoms with Gasteiger partial charge >= 0.3 is 0 Å². The molecule has 2 aliphatic rings. The largest absolute Gasteiger partial charge is 0.310 e. The van der Waals surface area contributed by atoms with Gasteiger partial charge in [-0.1, -0.05) is 163 Å². The minimum atomic E-state index is 0.0464. The van der Waals surface area contributed by atoms with Crippen LogP contribution in [0.3, 0.4) is 0 Å². The molecule has 4 heterocycles. The molecule has 58 heavy (non-hydrogen) atoms. The van der Waals surface area contributed by atoms with Gasteiger partial charge in [0.1, 0.15) is 0 Å². The Kier molecular flexibility index (Phi) is 7.48. The Balaban J connectivity index is 1.27. The number of fused-ring (bicyclic) bond motifs is 4. The van der Waals surface area contributed by atoms with Gasteiger partial charge in [-0.25, -0.2) is 0 Å². The minimum Gasteiger partial charge on any atom is -0.310 e. The van der Waals surface area contributed by atoms with Crippen molar-refractivity contribution in [2.75, 3.05) is 4.90 Å². The maximum atomic E-state index is 2.57. The molecule has 0 atom stereocenters. The number of benzene rings is 7. The number of rotatable bonds is 5. The third kappa shape index (κ3) is 5.21. The highest BCUT2D eigenvalue weighted by molar-refractivity contribution is 7.00. The van der Waals surface area contributed by atoms with Crippen molar-refractivity contribution < 1.29 is 0 Å². The van der Waals surface area contributed by atoms with Crippen molar-refractivity contribution >= 4 is 62.0 Å². The molecule has 2 aliphatic heterocycles. The molecule has 0 aliphatic carbocycles. The van der Waals surface area contributed by atoms with E-state index in [1.807, 2.05) is 0 Å². The first-order valence-corrected chi connectivity index (χ1v) is 20.6. The number of para-hydroxylation sites is 2. The molecular weight excluding hydrogens is 701 g/mol. The third-order valence-corrected chi connectivity index (χ3v) is 12.6. The first kappa shape index (κ1) is 34.7. The van der Waals surface area contributed by atoms with Gasteiger partial charge in [0.05, 0.1) is 17.1 Å². The Morgan fingerprint density at radius 2 is 0.828 bits per heavy atom. The van der Waals surface area contributed by atoms with E-state index in [4.69, 9.17) is 0 Å². The molecule has 0 unspecified atom stereocenters. The summed E-state index contributed by atoms with van der Waals surface area (Å²) >= 11 is 0. The molecule has 4 heteroatoms. The number of hydrogen-bond acceptors (Lipinski definition) is 1. The number of anilines is 3. The molecule has 11 rings (SSSR count). The lowest BCUT2D eigenvalue weighted by Crippen LogP contribution is -2.59. The SMILES string of the molecule is CC(C)(C)c1ccc(N(c2ccc(C(C)(C)C)cc2)c2cc3c4c(c2)-n2c(-c5ccccc5)cc5cccc(c52)B4c2cccc4cc(-c5ccccc5)n-3c24)cc1. The van der Waals surface area contributed by atoms with Gasteiger partial charge in [0.15, 0.2) is 0 Å². The van der Waals surface area contributed by atoms with Crippen LogP contribution >= 0.6 is 0 Å². The van der Waals surface area contributed by atoms with E-state index in [0.29, 0.717) is 0 Å². The summed E-state index contributed by atoms with van der Waals surface area (Å²) in [6, 6.07) is 63.9. The first-order chi connectivity index (χ1) is 28.0. The van der Waals surface area contributed by atoms with Gasteiger partial charge in [-0.3, -0.25) is 0 Å². The fourth-order valence-electron chi connectivity index (χ4n) is 9.73. The van der Waals surface area contributed by atoms with Crippen molar-refractivity contribution in [2.24, 2.45) is 0 Å². The van der Waals surface area contributed by atoms with Crippen molar-refractivity contribution in [3.8, 4) is 33.9 Å². The maximum absolute atomic E-state index is 2.57. The Labute approximate surface area is 341 Å². The fourth-order valence-corrected chi connectivity index (χ4v) is 9.73. The molecule has 0 radical (unpaired) electrons. The molecule has 0 saturated carbocycles. The topological polar surface area (TPSA) is 13.1 Å². The van der Waals surface area contributed by atoms with Crippen LogP contribution in [0.25, 0.3) is 55.7 Å². The molecule has 280 valence electrons. The summed E-state index contributed by atoms with van der Waals surface area (Å²) in [5.74, 6) is 0. The van der Waals surface area contributed by atoms with Gasteiger partial charge < -0.3 is 14.0 Å². The zero-order chi connectivity index (χ0) is 39.5. The molecule has 0 saturated heterocycles. The molecule has 7 aromatic carbocycles. The normalized spacial score (nSPS) is 13.0. The van der Waals surface area contributed by atoms with Crippen LogP contribution in [0.1, 0.15) is 52.7 Å². The smallest absolute Gasteiger partial charge is 0.252 e. The van der Waals surface area contributed by atoms with Crippen LogP contribution in [0.2, 0.25) is 0 Å². The molecule has 0 spiro atoms. The van der Waals surface area contributed by atoms with E-state index >= 15 is 0 Å². The number of nitrogens with zero attached hydrogens (tertiary/aromatic N) is 3. The molecule has 0 N–H and O–H groups in total. The lowest BCUT2D eigenvalue weighted by Gasteiger charge is -2.36. The Morgan fingerprint density at radius 1 is 0.414 bits per heavy atom. The number of hydrogen-bond donors (Lipinski definition) is 0. The summed E-state index contributed by atoms with van der Waals surface area (Å²) in [5.41, 5.74) is 20.0. The van der Waals surface area contributed by atoms with Gasteiger partial charge in [-0.15, -0.1) is 0 Å². The van der Waals surface area contributed by atoms with Crippen LogP contribution in [0, 0.1) is 0 Å². The van der Waals surface area contributed by atoms with Crippen LogP contribution < -0.4 is 21.3 Å². The zero-order valence-electron chi connectivity index (χ0n) is 34.1. The predicted octanol–water partition coefficient (Wildman–Crippen LogP) is 12.1. The second-order valence-electron chi connectivity index (χ2n) is 18.3. The Morgan fingerprint density at radius 3 is 1.22 bits per heavy atom. The van der Waals surface area contributed by atoms with E-state index < -0.39 is 0 Å². The van der Waals surface area contributed by atoms with E-state index in [1.54, 1.807) is 0 Å². The average molecular weight is 748 g/mol. The van der Waals surface area contributed by atoms with Gasteiger partial charge in [0, 0.05) is 44.6 Å². The summed E-state index contributed by atoms with van der Waals surface area (Å²) < 4.78 is 5.14. The van der Waals surface area contributed by atoms with E-state index in [2.05, 4.69) is 225 Å². The van der Waals surface area contributed by atoms with Crippen LogP contribution in [-0.2, 0) is 10.8 Å². The highest BCUT2D eigenvalue weighted by Gasteiger charge is 2.41. The van der Waals surface area contributed by atoms with E-state index in [1.165, 1.54) is 83.2 Å². The van der Waals surface area contributed by atoms with Crippen LogP contribution in [0.4, 0.5) is 17.1 Å². The summed E-state index contributed by atoms with van der Waals surface area (Å²) in [5, 5.41) is 2.53. The molecule has 0 fully saturated rings. The lowest BCUT2D eigenvalue weighted by molar-refractivity contribution is 0.590. The van der Waals surface area contributed by atoms with Crippen molar-refractivity contribution in [1.29, 1.82) is 0 Å². The summed E-state index contributed by atoms with van der Waals surface area (Å²) in [6.07, 6.45) is 0. The summed E-state index contributed by atoms with van der Waals surface area (Å²) in [7, 11) is 0. The van der Waals surface area contributed by atoms with Crippen LogP contribution in [-0.4, -0.2) is 15.8 Å². The van der Waals surface area contributed by atoms with Gasteiger partial charge in [0.2, 0.25) is 0 Å². The first-order valence-electron chi connectivity index (χ1n) is 20.6. The summed E-state index contributed by atoms with van der Waals surface area (Å²) in [6.45, 7) is 13.8. The standard InChI is InChI=1S/C54H46BN3/c1-53(2,3)39-23-27-41(28-24-39)56(42-29-25-40(26-30-42)54(4,5)6)43-33-48-50-49(34-43)58-47(36-17-11-8-12-18-36)32-38-20-14-22-45(52(38)58)55(50)44-21-13-19-37-31-46(57(48)51(37)44)35-15-9-7-10-16-35/h7-34H,1-6H3. The van der Waals surface area contributed by atoms with Crippen molar-refractivity contribution in [2.45, 2.75) is 52.4 Å². The summed E-state index contributed by atoms with van der Waals surface area (Å²) in [4.78, 5) is 2.47. The maximum Gasteiger partial charge on any atom is 0.252 e. The van der Waals surface area contributed by atoms with Gasteiger partial charge in [-0.2, -0.15) is 0 Å². The fraction of sp³-hybridized carbons (Fsp3) is 0.148. The van der Waals surface area contributed by atoms with E-state index in [0.717, 1.165) is 17.1 Å². The zero-order valence-corrected chi connectivity index (χ0v) is 34.1. The molecule has 9 aromatic rings. The van der Waals surface area contributed by atoms with Crippen LogP contribution in [0.15, 0.2) is 170 Å². The highest BCUT2D eigenvalue weighted by Crippen LogP contribution is 2.44. The average Bonchev–Trinajstić information content (AvgIpc) is 3.82. The third-order valence-electron chi connectivity index (χ3n) is 12.6. The lowest BCUT2D eigenvalue weighted by atomic mass is 9.34. The van der Waals surface area contributed by atoms with E-state index in [-0.39, 0.29) is 17.5 Å². The Hall–Kier alpha value is -6.52. The Bertz CT molecular complexity index is 2840. The van der Waals surface area contributed by atoms with Gasteiger partial charge in [0.25, 0.3) is 6.71 Å². The quantitative estimate of drug-likeness (QED) is 0.160. The minimum absolute atomic E-state index is 0.0464. The van der Waals surface area contributed by atoms with Crippen molar-refractivity contribution in [3.63, 3.8) is 0 Å². The van der Waals surface area contributed by atoms with E-state index in [9.17, 15) is 0 Å². The van der Waals surface area contributed by atoms with Crippen LogP contribution in [0.5, 0.6) is 0 Å². The monoisotopic (exact) mass is 747 g/mol. The second kappa shape index (κ2) is 12.5. The molecule has 3 nitrogen and oxygen atoms in total. The number of aromatic nitrogens is 2. The highest BCUT2D eigenvalue weighted by atomic mass is 15.2. The van der Waals surface area contributed by atoms with Crippen molar-refractivity contribution in [1.82, 2.24) is 9.13 Å². The molecule has 0 bridgehead atoms. The van der Waals surface area contributed by atoms with Crippen molar-refractivity contribution in [3.05, 3.63) is 181 Å². The molecule has 0 amide bonds. The van der Waals surface area contributed by atoms with Gasteiger partial charge in [-0.05, 0) is 98.0 Å². The second-order valence-corrected chi connectivity index (χ2v) is 18.3. The molecular formula is C54H46BN3. The predicted molar refractivity (Wildman–Crippen MR) is 248 cm³/mol.